The van der Waals surface area contributed by atoms with E-state index in [1.807, 2.05) is 13.1 Å². The second-order valence-corrected chi connectivity index (χ2v) is 7.19. The Labute approximate surface area is 156 Å². The largest absolute Gasteiger partial charge is 0.481 e. The summed E-state index contributed by atoms with van der Waals surface area (Å²) in [7, 11) is 2.01. The van der Waals surface area contributed by atoms with Crippen LogP contribution in [-0.4, -0.2) is 36.1 Å². The van der Waals surface area contributed by atoms with Crippen molar-refractivity contribution in [1.82, 2.24) is 4.90 Å². The molecule has 0 unspecified atom stereocenters. The number of allylic oxidation sites excluding steroid dienone is 1. The fourth-order valence-corrected chi connectivity index (χ4v) is 3.83. The van der Waals surface area contributed by atoms with Gasteiger partial charge in [-0.05, 0) is 55.5 Å². The molecule has 3 nitrogen and oxygen atoms in total. The van der Waals surface area contributed by atoms with Gasteiger partial charge in [0.2, 0.25) is 0 Å². The molecule has 0 aromatic heterocycles. The highest BCUT2D eigenvalue weighted by molar-refractivity contribution is 5.75. The highest BCUT2D eigenvalue weighted by atomic mass is 16.4. The zero-order valence-electron chi connectivity index (χ0n) is 15.3. The minimum absolute atomic E-state index is 0.237. The molecule has 2 aromatic carbocycles. The van der Waals surface area contributed by atoms with Crippen molar-refractivity contribution in [3.8, 4) is 11.1 Å². The van der Waals surface area contributed by atoms with E-state index in [9.17, 15) is 9.90 Å². The first-order valence-electron chi connectivity index (χ1n) is 9.37. The van der Waals surface area contributed by atoms with Gasteiger partial charge in [-0.1, -0.05) is 66.7 Å². The molecule has 136 valence electrons. The smallest absolute Gasteiger partial charge is 0.308 e. The average molecular weight is 349 g/mol. The summed E-state index contributed by atoms with van der Waals surface area (Å²) in [5.41, 5.74) is 3.65. The summed E-state index contributed by atoms with van der Waals surface area (Å²) >= 11 is 0. The number of nitrogens with zero attached hydrogens (tertiary/aromatic N) is 1. The van der Waals surface area contributed by atoms with E-state index in [0.29, 0.717) is 6.54 Å². The van der Waals surface area contributed by atoms with Crippen molar-refractivity contribution < 1.29 is 9.90 Å². The standard InChI is InChI=1S/C23H27NO2/c1-24-16-15-20(22(17-24)23(25)26)13-6-5-11-19-12-7-8-14-21(19)18-9-3-2-4-10-18/h2-5,7-12,14,20,22H,6,13,15-17H2,1H3,(H,25,26)/b11-5+/t20-,22-/m1/s1. The molecule has 26 heavy (non-hydrogen) atoms. The van der Waals surface area contributed by atoms with E-state index < -0.39 is 5.97 Å². The minimum atomic E-state index is -0.653. The van der Waals surface area contributed by atoms with Gasteiger partial charge in [0.15, 0.2) is 0 Å². The number of hydrogen-bond donors (Lipinski definition) is 1. The summed E-state index contributed by atoms with van der Waals surface area (Å²) in [6.07, 6.45) is 7.20. The third-order valence-electron chi connectivity index (χ3n) is 5.32. The molecule has 1 aliphatic heterocycles. The Balaban J connectivity index is 1.64. The van der Waals surface area contributed by atoms with Gasteiger partial charge in [-0.3, -0.25) is 4.79 Å². The van der Waals surface area contributed by atoms with Gasteiger partial charge >= 0.3 is 5.97 Å². The highest BCUT2D eigenvalue weighted by Gasteiger charge is 2.32. The van der Waals surface area contributed by atoms with E-state index in [-0.39, 0.29) is 11.8 Å². The maximum absolute atomic E-state index is 11.5. The van der Waals surface area contributed by atoms with Gasteiger partial charge in [-0.25, -0.2) is 0 Å². The van der Waals surface area contributed by atoms with E-state index in [2.05, 4.69) is 65.6 Å². The molecule has 0 spiro atoms. The quantitative estimate of drug-likeness (QED) is 0.814. The number of piperidine rings is 1. The van der Waals surface area contributed by atoms with Crippen molar-refractivity contribution in [3.05, 3.63) is 66.2 Å². The number of benzene rings is 2. The molecule has 0 aliphatic carbocycles. The number of carboxylic acids is 1. The van der Waals surface area contributed by atoms with Crippen molar-refractivity contribution in [2.75, 3.05) is 20.1 Å². The van der Waals surface area contributed by atoms with Crippen LogP contribution in [0.1, 0.15) is 24.8 Å². The summed E-state index contributed by atoms with van der Waals surface area (Å²) in [6, 6.07) is 18.8. The van der Waals surface area contributed by atoms with Gasteiger partial charge in [0.25, 0.3) is 0 Å². The summed E-state index contributed by atoms with van der Waals surface area (Å²) < 4.78 is 0. The number of aliphatic carboxylic acids is 1. The number of carbonyl (C=O) groups is 1. The van der Waals surface area contributed by atoms with Crippen molar-refractivity contribution in [1.29, 1.82) is 0 Å². The lowest BCUT2D eigenvalue weighted by Crippen LogP contribution is -2.41. The van der Waals surface area contributed by atoms with Crippen LogP contribution in [-0.2, 0) is 4.79 Å². The van der Waals surface area contributed by atoms with Crippen LogP contribution >= 0.6 is 0 Å². The molecule has 1 heterocycles. The van der Waals surface area contributed by atoms with Crippen molar-refractivity contribution >= 4 is 12.0 Å². The summed E-state index contributed by atoms with van der Waals surface area (Å²) in [5, 5.41) is 9.48. The second kappa shape index (κ2) is 8.81. The van der Waals surface area contributed by atoms with Crippen LogP contribution in [0.25, 0.3) is 17.2 Å². The molecule has 1 fully saturated rings. The van der Waals surface area contributed by atoms with E-state index >= 15 is 0 Å². The molecule has 2 aromatic rings. The molecule has 1 aliphatic rings. The van der Waals surface area contributed by atoms with Crippen LogP contribution in [0.4, 0.5) is 0 Å². The number of likely N-dealkylation sites (tertiary alicyclic amines) is 1. The first kappa shape index (κ1) is 18.4. The van der Waals surface area contributed by atoms with Gasteiger partial charge in [0.05, 0.1) is 5.92 Å². The van der Waals surface area contributed by atoms with Gasteiger partial charge in [0.1, 0.15) is 0 Å². The lowest BCUT2D eigenvalue weighted by molar-refractivity contribution is -0.145. The Morgan fingerprint density at radius 2 is 1.88 bits per heavy atom. The molecule has 0 radical (unpaired) electrons. The Bertz CT molecular complexity index is 754. The predicted molar refractivity (Wildman–Crippen MR) is 107 cm³/mol. The van der Waals surface area contributed by atoms with Crippen molar-refractivity contribution in [2.24, 2.45) is 11.8 Å². The van der Waals surface area contributed by atoms with Crippen LogP contribution in [0.3, 0.4) is 0 Å². The molecule has 0 amide bonds. The lowest BCUT2D eigenvalue weighted by atomic mass is 9.82. The maximum Gasteiger partial charge on any atom is 0.308 e. The second-order valence-electron chi connectivity index (χ2n) is 7.19. The summed E-state index contributed by atoms with van der Waals surface area (Å²) in [4.78, 5) is 13.6. The van der Waals surface area contributed by atoms with Crippen LogP contribution in [0.15, 0.2) is 60.7 Å². The number of hydrogen-bond acceptors (Lipinski definition) is 2. The van der Waals surface area contributed by atoms with Crippen LogP contribution in [0.2, 0.25) is 0 Å². The molecular weight excluding hydrogens is 322 g/mol. The topological polar surface area (TPSA) is 40.5 Å². The summed E-state index contributed by atoms with van der Waals surface area (Å²) in [5.74, 6) is -0.614. The van der Waals surface area contributed by atoms with E-state index in [1.54, 1.807) is 0 Å². The Morgan fingerprint density at radius 3 is 2.65 bits per heavy atom. The predicted octanol–water partition coefficient (Wildman–Crippen LogP) is 4.80. The maximum atomic E-state index is 11.5. The van der Waals surface area contributed by atoms with Crippen LogP contribution < -0.4 is 0 Å². The SMILES string of the molecule is CN1CC[C@@H](CC/C=C/c2ccccc2-c2ccccc2)[C@H](C(=O)O)C1. The average Bonchev–Trinajstić information content (AvgIpc) is 2.67. The third-order valence-corrected chi connectivity index (χ3v) is 5.32. The molecule has 1 N–H and O–H groups in total. The Kier molecular flexibility index (Phi) is 6.24. The van der Waals surface area contributed by atoms with Crippen LogP contribution in [0, 0.1) is 11.8 Å². The van der Waals surface area contributed by atoms with Gasteiger partial charge in [-0.2, -0.15) is 0 Å². The minimum Gasteiger partial charge on any atom is -0.481 e. The lowest BCUT2D eigenvalue weighted by Gasteiger charge is -2.34. The molecule has 2 atom stereocenters. The molecule has 3 heteroatoms. The third kappa shape index (κ3) is 4.61. The monoisotopic (exact) mass is 349 g/mol. The van der Waals surface area contributed by atoms with Crippen molar-refractivity contribution in [3.63, 3.8) is 0 Å². The number of carboxylic acid groups (broad SMARTS) is 1. The van der Waals surface area contributed by atoms with Gasteiger partial charge in [0, 0.05) is 6.54 Å². The normalized spacial score (nSPS) is 21.1. The van der Waals surface area contributed by atoms with E-state index in [0.717, 1.165) is 25.8 Å². The fraction of sp³-hybridized carbons (Fsp3) is 0.348. The molecule has 3 rings (SSSR count). The summed E-state index contributed by atoms with van der Waals surface area (Å²) in [6.45, 7) is 1.66. The van der Waals surface area contributed by atoms with Gasteiger partial charge in [-0.15, -0.1) is 0 Å². The molecular formula is C23H27NO2. The molecule has 1 saturated heterocycles. The Morgan fingerprint density at radius 1 is 1.15 bits per heavy atom. The van der Waals surface area contributed by atoms with Crippen LogP contribution in [0.5, 0.6) is 0 Å². The number of rotatable bonds is 6. The molecule has 0 saturated carbocycles. The fourth-order valence-electron chi connectivity index (χ4n) is 3.83. The zero-order valence-corrected chi connectivity index (χ0v) is 15.3. The van der Waals surface area contributed by atoms with Crippen molar-refractivity contribution in [2.45, 2.75) is 19.3 Å². The first-order chi connectivity index (χ1) is 12.6. The highest BCUT2D eigenvalue weighted by Crippen LogP contribution is 2.28. The zero-order chi connectivity index (χ0) is 18.4. The molecule has 0 bridgehead atoms. The van der Waals surface area contributed by atoms with E-state index in [4.69, 9.17) is 0 Å². The first-order valence-corrected chi connectivity index (χ1v) is 9.37. The van der Waals surface area contributed by atoms with E-state index in [1.165, 1.54) is 16.7 Å². The van der Waals surface area contributed by atoms with Gasteiger partial charge < -0.3 is 10.0 Å². The Hall–Kier alpha value is -2.39.